The lowest BCUT2D eigenvalue weighted by atomic mass is 10.3. The van der Waals surface area contributed by atoms with Crippen molar-refractivity contribution in [1.82, 2.24) is 14.5 Å². The van der Waals surface area contributed by atoms with Crippen LogP contribution in [0.25, 0.3) is 5.82 Å². The molecule has 3 aromatic heterocycles. The van der Waals surface area contributed by atoms with E-state index in [0.29, 0.717) is 0 Å². The summed E-state index contributed by atoms with van der Waals surface area (Å²) in [5.41, 5.74) is 10.6. The maximum absolute atomic E-state index is 5.36. The molecule has 3 rings (SSSR count). The molecule has 0 aromatic carbocycles. The summed E-state index contributed by atoms with van der Waals surface area (Å²) >= 11 is 0. The molecule has 0 saturated carbocycles. The van der Waals surface area contributed by atoms with Gasteiger partial charge in [-0.05, 0) is 64.1 Å². The predicted octanol–water partition coefficient (Wildman–Crippen LogP) is 3.77. The second-order valence-corrected chi connectivity index (χ2v) is 5.32. The Morgan fingerprint density at radius 2 is 1.50 bits per heavy atom. The van der Waals surface area contributed by atoms with Gasteiger partial charge in [-0.2, -0.15) is 0 Å². The first kappa shape index (κ1) is 15.8. The Bertz CT molecular complexity index is 702. The number of nitrogens with zero attached hydrogens (tertiary/aromatic N) is 3. The third-order valence-electron chi connectivity index (χ3n) is 3.31. The molecule has 22 heavy (non-hydrogen) atoms. The Morgan fingerprint density at radius 3 is 2.00 bits per heavy atom. The Balaban J connectivity index is 0.000000188. The quantitative estimate of drug-likeness (QED) is 0.743. The molecular weight excluding hydrogens is 272 g/mol. The molecule has 0 amide bonds. The number of aromatic nitrogens is 3. The number of aryl methyl sites for hydroxylation is 4. The number of rotatable bonds is 1. The van der Waals surface area contributed by atoms with Crippen LogP contribution in [0.4, 0.5) is 5.69 Å². The van der Waals surface area contributed by atoms with Gasteiger partial charge >= 0.3 is 0 Å². The third-order valence-corrected chi connectivity index (χ3v) is 3.31. The summed E-state index contributed by atoms with van der Waals surface area (Å²) in [6, 6.07) is 14.0. The van der Waals surface area contributed by atoms with E-state index in [1.54, 1.807) is 6.20 Å². The Labute approximate surface area is 131 Å². The van der Waals surface area contributed by atoms with Gasteiger partial charge in [0.05, 0.1) is 11.9 Å². The zero-order valence-corrected chi connectivity index (χ0v) is 13.5. The van der Waals surface area contributed by atoms with Crippen molar-refractivity contribution in [3.63, 3.8) is 0 Å². The zero-order chi connectivity index (χ0) is 16.1. The molecule has 0 atom stereocenters. The van der Waals surface area contributed by atoms with Crippen molar-refractivity contribution in [1.29, 1.82) is 0 Å². The first-order valence-electron chi connectivity index (χ1n) is 7.24. The summed E-state index contributed by atoms with van der Waals surface area (Å²) in [6.45, 7) is 8.13. The molecule has 114 valence electrons. The van der Waals surface area contributed by atoms with Crippen LogP contribution in [0.1, 0.15) is 22.8 Å². The minimum atomic E-state index is 0.718. The van der Waals surface area contributed by atoms with Crippen molar-refractivity contribution in [3.8, 4) is 5.82 Å². The van der Waals surface area contributed by atoms with E-state index in [1.807, 2.05) is 44.2 Å². The van der Waals surface area contributed by atoms with Gasteiger partial charge in [-0.15, -0.1) is 0 Å². The van der Waals surface area contributed by atoms with Gasteiger partial charge in [0, 0.05) is 22.8 Å². The number of nitrogens with two attached hydrogens (primary N) is 1. The van der Waals surface area contributed by atoms with Crippen LogP contribution in [-0.4, -0.2) is 14.5 Å². The van der Waals surface area contributed by atoms with Crippen molar-refractivity contribution in [2.45, 2.75) is 27.7 Å². The molecule has 3 heterocycles. The monoisotopic (exact) mass is 294 g/mol. The van der Waals surface area contributed by atoms with Gasteiger partial charge in [-0.3, -0.25) is 4.98 Å². The summed E-state index contributed by atoms with van der Waals surface area (Å²) in [4.78, 5) is 8.45. The molecule has 0 spiro atoms. The highest BCUT2D eigenvalue weighted by molar-refractivity contribution is 5.34. The van der Waals surface area contributed by atoms with Gasteiger partial charge in [-0.1, -0.05) is 6.07 Å². The van der Waals surface area contributed by atoms with Gasteiger partial charge in [-0.25, -0.2) is 4.98 Å². The minimum absolute atomic E-state index is 0.718. The van der Waals surface area contributed by atoms with Crippen LogP contribution in [0.5, 0.6) is 0 Å². The Kier molecular flexibility index (Phi) is 4.94. The van der Waals surface area contributed by atoms with Crippen LogP contribution in [-0.2, 0) is 0 Å². The average Bonchev–Trinajstić information content (AvgIpc) is 2.82. The van der Waals surface area contributed by atoms with Crippen LogP contribution >= 0.6 is 0 Å². The SMILES string of the molecule is Cc1ccc(N)cn1.Cc1cccc(-n2c(C)ccc2C)n1. The summed E-state index contributed by atoms with van der Waals surface area (Å²) in [5, 5.41) is 0. The van der Waals surface area contributed by atoms with Crippen molar-refractivity contribution >= 4 is 5.69 Å². The summed E-state index contributed by atoms with van der Waals surface area (Å²) in [7, 11) is 0. The molecule has 0 aliphatic heterocycles. The van der Waals surface area contributed by atoms with E-state index in [1.165, 1.54) is 11.4 Å². The number of pyridine rings is 2. The van der Waals surface area contributed by atoms with E-state index in [9.17, 15) is 0 Å². The highest BCUT2D eigenvalue weighted by Gasteiger charge is 2.03. The fraction of sp³-hybridized carbons (Fsp3) is 0.222. The van der Waals surface area contributed by atoms with Crippen LogP contribution in [0.3, 0.4) is 0 Å². The van der Waals surface area contributed by atoms with E-state index in [4.69, 9.17) is 5.73 Å². The van der Waals surface area contributed by atoms with Crippen LogP contribution < -0.4 is 5.73 Å². The average molecular weight is 294 g/mol. The summed E-state index contributed by atoms with van der Waals surface area (Å²) in [5.74, 6) is 1.00. The van der Waals surface area contributed by atoms with Crippen LogP contribution in [0.2, 0.25) is 0 Å². The lowest BCUT2D eigenvalue weighted by Gasteiger charge is -2.08. The van der Waals surface area contributed by atoms with Crippen molar-refractivity contribution in [2.75, 3.05) is 5.73 Å². The van der Waals surface area contributed by atoms with E-state index in [2.05, 4.69) is 40.5 Å². The first-order chi connectivity index (χ1) is 10.5. The lowest BCUT2D eigenvalue weighted by Crippen LogP contribution is -2.01. The topological polar surface area (TPSA) is 56.7 Å². The summed E-state index contributed by atoms with van der Waals surface area (Å²) in [6.07, 6.45) is 1.65. The largest absolute Gasteiger partial charge is 0.397 e. The number of anilines is 1. The lowest BCUT2D eigenvalue weighted by molar-refractivity contribution is 0.912. The molecule has 0 fully saturated rings. The van der Waals surface area contributed by atoms with E-state index >= 15 is 0 Å². The third kappa shape index (κ3) is 3.95. The number of hydrogen-bond acceptors (Lipinski definition) is 3. The fourth-order valence-electron chi connectivity index (χ4n) is 2.16. The molecular formula is C18H22N4. The maximum Gasteiger partial charge on any atom is 0.137 e. The van der Waals surface area contributed by atoms with E-state index in [0.717, 1.165) is 22.9 Å². The van der Waals surface area contributed by atoms with Crippen molar-refractivity contribution in [2.24, 2.45) is 0 Å². The molecule has 0 radical (unpaired) electrons. The standard InChI is InChI=1S/C12H14N2.C6H8N2/c1-9-5-4-6-12(13-9)14-10(2)7-8-11(14)3;1-5-2-3-6(7)4-8-5/h4-8H,1-3H3;2-4H,7H2,1H3. The first-order valence-corrected chi connectivity index (χ1v) is 7.24. The van der Waals surface area contributed by atoms with E-state index in [-0.39, 0.29) is 0 Å². The van der Waals surface area contributed by atoms with Crippen molar-refractivity contribution in [3.05, 3.63) is 71.4 Å². The molecule has 3 aromatic rings. The second-order valence-electron chi connectivity index (χ2n) is 5.32. The van der Waals surface area contributed by atoms with Gasteiger partial charge in [0.25, 0.3) is 0 Å². The second kappa shape index (κ2) is 6.89. The molecule has 0 aliphatic carbocycles. The van der Waals surface area contributed by atoms with Gasteiger partial charge in [0.2, 0.25) is 0 Å². The van der Waals surface area contributed by atoms with Crippen LogP contribution in [0.15, 0.2) is 48.7 Å². The molecule has 0 aliphatic rings. The number of nitrogen functional groups attached to an aromatic ring is 1. The molecule has 4 heteroatoms. The highest BCUT2D eigenvalue weighted by atomic mass is 15.1. The molecule has 0 saturated heterocycles. The van der Waals surface area contributed by atoms with Crippen molar-refractivity contribution < 1.29 is 0 Å². The smallest absolute Gasteiger partial charge is 0.137 e. The predicted molar refractivity (Wildman–Crippen MR) is 91.2 cm³/mol. The van der Waals surface area contributed by atoms with Gasteiger partial charge in [0.1, 0.15) is 5.82 Å². The van der Waals surface area contributed by atoms with Crippen LogP contribution in [0, 0.1) is 27.7 Å². The Hall–Kier alpha value is -2.62. The number of hydrogen-bond donors (Lipinski definition) is 1. The van der Waals surface area contributed by atoms with Gasteiger partial charge in [0.15, 0.2) is 0 Å². The highest BCUT2D eigenvalue weighted by Crippen LogP contribution is 2.14. The fourth-order valence-corrected chi connectivity index (χ4v) is 2.16. The molecule has 0 bridgehead atoms. The zero-order valence-electron chi connectivity index (χ0n) is 13.5. The minimum Gasteiger partial charge on any atom is -0.397 e. The maximum atomic E-state index is 5.36. The molecule has 0 unspecified atom stereocenters. The van der Waals surface area contributed by atoms with Gasteiger partial charge < -0.3 is 10.3 Å². The molecule has 2 N–H and O–H groups in total. The van der Waals surface area contributed by atoms with E-state index < -0.39 is 0 Å². The Morgan fingerprint density at radius 1 is 0.818 bits per heavy atom. The molecule has 4 nitrogen and oxygen atoms in total. The summed E-state index contributed by atoms with van der Waals surface area (Å²) < 4.78 is 2.16. The normalized spacial score (nSPS) is 10.0.